The molecule has 1 aromatic heterocycles. The van der Waals surface area contributed by atoms with E-state index in [-0.39, 0.29) is 17.7 Å². The Labute approximate surface area is 127 Å². The number of carbonyl (C=O) groups excluding carboxylic acids is 2. The average molecular weight is 296 g/mol. The molecule has 5 heteroatoms. The number of likely N-dealkylation sites (N-methyl/N-ethyl adjacent to an activating group) is 1. The maximum atomic E-state index is 12.6. The van der Waals surface area contributed by atoms with Gasteiger partial charge in [-0.05, 0) is 30.2 Å². The molecule has 1 aliphatic carbocycles. The highest BCUT2D eigenvalue weighted by Crippen LogP contribution is 2.61. The third-order valence-electron chi connectivity index (χ3n) is 4.73. The predicted molar refractivity (Wildman–Crippen MR) is 80.2 cm³/mol. The normalized spacial score (nSPS) is 25.4. The van der Waals surface area contributed by atoms with Crippen molar-refractivity contribution in [2.24, 2.45) is 5.92 Å². The second kappa shape index (κ2) is 4.47. The first kappa shape index (κ1) is 13.1. The summed E-state index contributed by atoms with van der Waals surface area (Å²) in [5.41, 5.74) is 1.23. The molecule has 2 heterocycles. The summed E-state index contributed by atoms with van der Waals surface area (Å²) in [4.78, 5) is 26.7. The Bertz CT molecular complexity index is 753. The molecule has 1 N–H and O–H groups in total. The monoisotopic (exact) mass is 296 g/mol. The first-order valence-electron chi connectivity index (χ1n) is 7.32. The van der Waals surface area contributed by atoms with Crippen molar-refractivity contribution in [2.45, 2.75) is 18.4 Å². The predicted octanol–water partition coefficient (Wildman–Crippen LogP) is 1.83. The van der Waals surface area contributed by atoms with E-state index in [2.05, 4.69) is 5.32 Å². The summed E-state index contributed by atoms with van der Waals surface area (Å²) in [6.07, 6.45) is 2.16. The van der Waals surface area contributed by atoms with Crippen LogP contribution in [0.2, 0.25) is 0 Å². The van der Waals surface area contributed by atoms with Crippen LogP contribution in [0.15, 0.2) is 47.1 Å². The molecule has 0 unspecified atom stereocenters. The highest BCUT2D eigenvalue weighted by molar-refractivity contribution is 6.13. The number of nitrogens with zero attached hydrogens (tertiary/aromatic N) is 1. The Hall–Kier alpha value is -2.56. The molecule has 2 amide bonds. The van der Waals surface area contributed by atoms with Crippen LogP contribution in [-0.2, 0) is 21.5 Å². The van der Waals surface area contributed by atoms with Crippen molar-refractivity contribution in [2.75, 3.05) is 11.9 Å². The fraction of sp³-hybridized carbons (Fsp3) is 0.294. The van der Waals surface area contributed by atoms with Gasteiger partial charge in [0.15, 0.2) is 0 Å². The summed E-state index contributed by atoms with van der Waals surface area (Å²) >= 11 is 0. The Morgan fingerprint density at radius 3 is 2.95 bits per heavy atom. The summed E-state index contributed by atoms with van der Waals surface area (Å²) in [7, 11) is 1.77. The van der Waals surface area contributed by atoms with E-state index in [0.717, 1.165) is 11.3 Å². The molecule has 1 aliphatic heterocycles. The van der Waals surface area contributed by atoms with Gasteiger partial charge in [-0.3, -0.25) is 9.59 Å². The minimum absolute atomic E-state index is 0.0202. The number of fused-ring (bicyclic) bond motifs is 2. The number of para-hydroxylation sites is 1. The van der Waals surface area contributed by atoms with Crippen molar-refractivity contribution in [3.8, 4) is 0 Å². The second-order valence-corrected chi connectivity index (χ2v) is 5.91. The van der Waals surface area contributed by atoms with Crippen molar-refractivity contribution < 1.29 is 14.0 Å². The maximum Gasteiger partial charge on any atom is 0.238 e. The van der Waals surface area contributed by atoms with Gasteiger partial charge in [0.05, 0.1) is 24.1 Å². The molecule has 0 bridgehead atoms. The Kier molecular flexibility index (Phi) is 2.66. The number of benzene rings is 1. The smallest absolute Gasteiger partial charge is 0.238 e. The number of hydrogen-bond acceptors (Lipinski definition) is 3. The fourth-order valence-electron chi connectivity index (χ4n) is 3.49. The van der Waals surface area contributed by atoms with E-state index < -0.39 is 5.41 Å². The molecular formula is C17H16N2O3. The van der Waals surface area contributed by atoms with Gasteiger partial charge in [0.1, 0.15) is 5.76 Å². The van der Waals surface area contributed by atoms with Crippen molar-refractivity contribution in [3.05, 3.63) is 54.0 Å². The van der Waals surface area contributed by atoms with Crippen LogP contribution in [0, 0.1) is 5.92 Å². The molecule has 5 nitrogen and oxygen atoms in total. The Morgan fingerprint density at radius 2 is 2.18 bits per heavy atom. The van der Waals surface area contributed by atoms with Crippen molar-refractivity contribution in [1.82, 2.24) is 5.32 Å². The molecule has 2 aliphatic rings. The summed E-state index contributed by atoms with van der Waals surface area (Å²) in [5, 5.41) is 2.86. The SMILES string of the molecule is CN1C(=O)[C@]2(C[C@@H]2C(=O)NCc2ccco2)c2ccccc21. The molecule has 2 aromatic rings. The average Bonchev–Trinajstić information content (AvgIpc) is 3.01. The second-order valence-electron chi connectivity index (χ2n) is 5.91. The van der Waals surface area contributed by atoms with Crippen molar-refractivity contribution >= 4 is 17.5 Å². The highest BCUT2D eigenvalue weighted by Gasteiger charge is 2.68. The van der Waals surface area contributed by atoms with Gasteiger partial charge in [-0.2, -0.15) is 0 Å². The highest BCUT2D eigenvalue weighted by atomic mass is 16.3. The lowest BCUT2D eigenvalue weighted by Crippen LogP contribution is -2.34. The van der Waals surface area contributed by atoms with Crippen LogP contribution in [0.3, 0.4) is 0 Å². The van der Waals surface area contributed by atoms with E-state index in [1.54, 1.807) is 24.3 Å². The number of hydrogen-bond donors (Lipinski definition) is 1. The fourth-order valence-corrected chi connectivity index (χ4v) is 3.49. The van der Waals surface area contributed by atoms with Gasteiger partial charge in [-0.15, -0.1) is 0 Å². The van der Waals surface area contributed by atoms with Crippen LogP contribution in [0.5, 0.6) is 0 Å². The zero-order chi connectivity index (χ0) is 15.3. The first-order valence-corrected chi connectivity index (χ1v) is 7.32. The number of amides is 2. The van der Waals surface area contributed by atoms with Gasteiger partial charge in [0, 0.05) is 12.7 Å². The molecule has 1 saturated carbocycles. The standard InChI is InChI=1S/C17H16N2O3/c1-19-14-7-3-2-6-12(14)17(16(19)21)9-13(17)15(20)18-10-11-5-4-8-22-11/h2-8,13H,9-10H2,1H3,(H,18,20)/t13-,17-/m1/s1. The molecular weight excluding hydrogens is 280 g/mol. The maximum absolute atomic E-state index is 12.6. The number of furan rings is 1. The molecule has 22 heavy (non-hydrogen) atoms. The van der Waals surface area contributed by atoms with Crippen LogP contribution >= 0.6 is 0 Å². The number of nitrogens with one attached hydrogen (secondary N) is 1. The van der Waals surface area contributed by atoms with Crippen LogP contribution in [0.4, 0.5) is 5.69 Å². The third kappa shape index (κ3) is 1.65. The summed E-state index contributed by atoms with van der Waals surface area (Å²) in [6, 6.07) is 11.3. The van der Waals surface area contributed by atoms with E-state index in [4.69, 9.17) is 4.42 Å². The Morgan fingerprint density at radius 1 is 1.36 bits per heavy atom. The van der Waals surface area contributed by atoms with Crippen LogP contribution in [0.25, 0.3) is 0 Å². The van der Waals surface area contributed by atoms with Gasteiger partial charge < -0.3 is 14.6 Å². The van der Waals surface area contributed by atoms with Gasteiger partial charge in [0.2, 0.25) is 11.8 Å². The molecule has 0 radical (unpaired) electrons. The molecule has 2 atom stereocenters. The van der Waals surface area contributed by atoms with E-state index in [1.807, 2.05) is 30.3 Å². The molecule has 1 fully saturated rings. The van der Waals surface area contributed by atoms with E-state index in [1.165, 1.54) is 0 Å². The van der Waals surface area contributed by atoms with Gasteiger partial charge in [-0.25, -0.2) is 0 Å². The lowest BCUT2D eigenvalue weighted by atomic mass is 9.94. The van der Waals surface area contributed by atoms with Gasteiger partial charge in [0.25, 0.3) is 0 Å². The van der Waals surface area contributed by atoms with E-state index in [9.17, 15) is 9.59 Å². The van der Waals surface area contributed by atoms with Crippen molar-refractivity contribution in [3.63, 3.8) is 0 Å². The third-order valence-corrected chi connectivity index (χ3v) is 4.73. The topological polar surface area (TPSA) is 62.6 Å². The number of rotatable bonds is 3. The summed E-state index contributed by atoms with van der Waals surface area (Å²) < 4.78 is 5.21. The first-order chi connectivity index (χ1) is 10.6. The van der Waals surface area contributed by atoms with Crippen LogP contribution < -0.4 is 10.2 Å². The van der Waals surface area contributed by atoms with Gasteiger partial charge >= 0.3 is 0 Å². The number of carbonyl (C=O) groups is 2. The van der Waals surface area contributed by atoms with Crippen LogP contribution in [0.1, 0.15) is 17.7 Å². The molecule has 112 valence electrons. The molecule has 1 aromatic carbocycles. The van der Waals surface area contributed by atoms with Crippen molar-refractivity contribution in [1.29, 1.82) is 0 Å². The number of anilines is 1. The quantitative estimate of drug-likeness (QED) is 0.940. The lowest BCUT2D eigenvalue weighted by molar-refractivity contribution is -0.126. The largest absolute Gasteiger partial charge is 0.467 e. The summed E-state index contributed by atoms with van der Waals surface area (Å²) in [5.74, 6) is 0.348. The molecule has 0 saturated heterocycles. The van der Waals surface area contributed by atoms with Crippen LogP contribution in [-0.4, -0.2) is 18.9 Å². The van der Waals surface area contributed by atoms with E-state index in [0.29, 0.717) is 18.7 Å². The molecule has 4 rings (SSSR count). The summed E-state index contributed by atoms with van der Waals surface area (Å²) in [6.45, 7) is 0.351. The Balaban J connectivity index is 1.55. The lowest BCUT2D eigenvalue weighted by Gasteiger charge is -2.11. The zero-order valence-electron chi connectivity index (χ0n) is 12.2. The molecule has 1 spiro atoms. The minimum atomic E-state index is -0.654. The zero-order valence-corrected chi connectivity index (χ0v) is 12.2. The van der Waals surface area contributed by atoms with E-state index >= 15 is 0 Å². The minimum Gasteiger partial charge on any atom is -0.467 e. The van der Waals surface area contributed by atoms with Gasteiger partial charge in [-0.1, -0.05) is 18.2 Å².